The van der Waals surface area contributed by atoms with Gasteiger partial charge >= 0.3 is 0 Å². The molecule has 2 aromatic rings. The van der Waals surface area contributed by atoms with Crippen LogP contribution in [0.15, 0.2) is 52.3 Å². The number of benzene rings is 2. The van der Waals surface area contributed by atoms with E-state index in [1.807, 2.05) is 11.8 Å². The van der Waals surface area contributed by atoms with E-state index in [4.69, 9.17) is 0 Å². The fourth-order valence-electron chi connectivity index (χ4n) is 2.16. The van der Waals surface area contributed by atoms with Crippen LogP contribution in [0.4, 0.5) is 11.4 Å². The Morgan fingerprint density at radius 2 is 1.82 bits per heavy atom. The van der Waals surface area contributed by atoms with E-state index in [2.05, 4.69) is 76.9 Å². The number of hydrogen-bond donors (Lipinski definition) is 0. The third-order valence-corrected chi connectivity index (χ3v) is 5.38. The van der Waals surface area contributed by atoms with Gasteiger partial charge in [-0.1, -0.05) is 30.0 Å². The van der Waals surface area contributed by atoms with Crippen molar-refractivity contribution < 1.29 is 0 Å². The van der Waals surface area contributed by atoms with E-state index in [9.17, 15) is 0 Å². The van der Waals surface area contributed by atoms with E-state index in [0.717, 1.165) is 6.54 Å². The van der Waals surface area contributed by atoms with E-state index in [-0.39, 0.29) is 0 Å². The molecule has 0 spiro atoms. The topological polar surface area (TPSA) is 3.24 Å². The van der Waals surface area contributed by atoms with E-state index in [1.54, 1.807) is 0 Å². The van der Waals surface area contributed by atoms with E-state index >= 15 is 0 Å². The van der Waals surface area contributed by atoms with Crippen LogP contribution in [0.1, 0.15) is 6.92 Å². The van der Waals surface area contributed by atoms with Gasteiger partial charge in [0.1, 0.15) is 0 Å². The van der Waals surface area contributed by atoms with Gasteiger partial charge in [0.25, 0.3) is 0 Å². The van der Waals surface area contributed by atoms with Crippen LogP contribution in [-0.4, -0.2) is 6.54 Å². The fraction of sp³-hybridized carbons (Fsp3) is 0.143. The quantitative estimate of drug-likeness (QED) is 0.670. The molecule has 86 valence electrons. The predicted octanol–water partition coefficient (Wildman–Crippen LogP) is 4.91. The molecule has 0 N–H and O–H groups in total. The van der Waals surface area contributed by atoms with E-state index < -0.39 is 0 Å². The zero-order chi connectivity index (χ0) is 11.8. The van der Waals surface area contributed by atoms with Crippen LogP contribution in [-0.2, 0) is 0 Å². The Labute approximate surface area is 119 Å². The van der Waals surface area contributed by atoms with Gasteiger partial charge in [-0.25, -0.2) is 0 Å². The summed E-state index contributed by atoms with van der Waals surface area (Å²) in [5.74, 6) is 0. The number of nitrogens with zero attached hydrogens (tertiary/aromatic N) is 1. The molecule has 3 rings (SSSR count). The molecule has 0 aromatic heterocycles. The largest absolute Gasteiger partial charge is 0.340 e. The SMILES string of the molecule is CCN1c2ccccc2Sc2c(I)cccc21. The van der Waals surface area contributed by atoms with Crippen LogP contribution in [0.3, 0.4) is 0 Å². The van der Waals surface area contributed by atoms with Crippen molar-refractivity contribution in [1.29, 1.82) is 0 Å². The van der Waals surface area contributed by atoms with Gasteiger partial charge in [0.05, 0.1) is 11.4 Å². The first kappa shape index (κ1) is 11.4. The maximum atomic E-state index is 2.42. The molecule has 1 aliphatic heterocycles. The first-order valence-electron chi connectivity index (χ1n) is 5.64. The van der Waals surface area contributed by atoms with Crippen molar-refractivity contribution in [2.45, 2.75) is 16.7 Å². The summed E-state index contributed by atoms with van der Waals surface area (Å²) in [5, 5.41) is 0. The third kappa shape index (κ3) is 1.85. The molecule has 0 fully saturated rings. The summed E-state index contributed by atoms with van der Waals surface area (Å²) in [5.41, 5.74) is 2.66. The number of para-hydroxylation sites is 1. The monoisotopic (exact) mass is 353 g/mol. The molecule has 0 unspecified atom stereocenters. The lowest BCUT2D eigenvalue weighted by Crippen LogP contribution is -2.20. The normalized spacial score (nSPS) is 13.2. The fourth-order valence-corrected chi connectivity index (χ4v) is 4.07. The van der Waals surface area contributed by atoms with Gasteiger partial charge < -0.3 is 4.90 Å². The van der Waals surface area contributed by atoms with Crippen LogP contribution in [0.2, 0.25) is 0 Å². The summed E-state index contributed by atoms with van der Waals surface area (Å²) < 4.78 is 1.33. The highest BCUT2D eigenvalue weighted by Crippen LogP contribution is 2.49. The zero-order valence-corrected chi connectivity index (χ0v) is 12.5. The summed E-state index contributed by atoms with van der Waals surface area (Å²) >= 11 is 4.30. The van der Waals surface area contributed by atoms with Crippen LogP contribution in [0, 0.1) is 3.57 Å². The predicted molar refractivity (Wildman–Crippen MR) is 82.4 cm³/mol. The molecule has 17 heavy (non-hydrogen) atoms. The third-order valence-electron chi connectivity index (χ3n) is 2.92. The highest BCUT2D eigenvalue weighted by atomic mass is 127. The van der Waals surface area contributed by atoms with Crippen molar-refractivity contribution in [3.63, 3.8) is 0 Å². The summed E-state index contributed by atoms with van der Waals surface area (Å²) in [4.78, 5) is 5.13. The van der Waals surface area contributed by atoms with Crippen LogP contribution in [0.25, 0.3) is 0 Å². The van der Waals surface area contributed by atoms with Crippen molar-refractivity contribution in [2.24, 2.45) is 0 Å². The van der Waals surface area contributed by atoms with Crippen LogP contribution < -0.4 is 4.90 Å². The van der Waals surface area contributed by atoms with Crippen molar-refractivity contribution in [1.82, 2.24) is 0 Å². The molecule has 1 aliphatic rings. The molecule has 0 radical (unpaired) electrons. The van der Waals surface area contributed by atoms with E-state index in [1.165, 1.54) is 24.7 Å². The smallest absolute Gasteiger partial charge is 0.0563 e. The van der Waals surface area contributed by atoms with Crippen molar-refractivity contribution >= 4 is 45.7 Å². The second-order valence-electron chi connectivity index (χ2n) is 3.90. The van der Waals surface area contributed by atoms with Gasteiger partial charge in [0.2, 0.25) is 0 Å². The Kier molecular flexibility index (Phi) is 3.04. The van der Waals surface area contributed by atoms with Crippen LogP contribution in [0.5, 0.6) is 0 Å². The molecule has 0 saturated carbocycles. The molecule has 0 atom stereocenters. The number of hydrogen-bond acceptors (Lipinski definition) is 2. The van der Waals surface area contributed by atoms with Gasteiger partial charge in [0.15, 0.2) is 0 Å². The summed E-state index contributed by atoms with van der Waals surface area (Å²) in [6, 6.07) is 15.2. The average Bonchev–Trinajstić information content (AvgIpc) is 2.37. The Bertz CT molecular complexity index is 568. The second kappa shape index (κ2) is 4.53. The van der Waals surface area contributed by atoms with Gasteiger partial charge in [-0.2, -0.15) is 0 Å². The van der Waals surface area contributed by atoms with Gasteiger partial charge in [-0.3, -0.25) is 0 Å². The maximum Gasteiger partial charge on any atom is 0.0563 e. The molecular formula is C14H12INS. The molecule has 2 aromatic carbocycles. The lowest BCUT2D eigenvalue weighted by Gasteiger charge is -2.32. The summed E-state index contributed by atoms with van der Waals surface area (Å²) in [7, 11) is 0. The average molecular weight is 353 g/mol. The molecular weight excluding hydrogens is 341 g/mol. The maximum absolute atomic E-state index is 2.42. The highest BCUT2D eigenvalue weighted by molar-refractivity contribution is 14.1. The molecule has 0 saturated heterocycles. The van der Waals surface area contributed by atoms with Gasteiger partial charge in [0, 0.05) is 19.9 Å². The molecule has 0 bridgehead atoms. The second-order valence-corrected chi connectivity index (χ2v) is 6.12. The summed E-state index contributed by atoms with van der Waals surface area (Å²) in [6.07, 6.45) is 0. The lowest BCUT2D eigenvalue weighted by atomic mass is 10.2. The van der Waals surface area contributed by atoms with E-state index in [0.29, 0.717) is 0 Å². The van der Waals surface area contributed by atoms with Crippen molar-refractivity contribution in [3.05, 3.63) is 46.0 Å². The van der Waals surface area contributed by atoms with Crippen LogP contribution >= 0.6 is 34.4 Å². The minimum Gasteiger partial charge on any atom is -0.340 e. The van der Waals surface area contributed by atoms with Gasteiger partial charge in [-0.15, -0.1) is 0 Å². The number of rotatable bonds is 1. The lowest BCUT2D eigenvalue weighted by molar-refractivity contribution is 0.976. The van der Waals surface area contributed by atoms with Gasteiger partial charge in [-0.05, 0) is 53.8 Å². The Morgan fingerprint density at radius 1 is 1.06 bits per heavy atom. The minimum absolute atomic E-state index is 1.00. The molecule has 1 heterocycles. The zero-order valence-electron chi connectivity index (χ0n) is 9.48. The molecule has 1 nitrogen and oxygen atoms in total. The Morgan fingerprint density at radius 3 is 2.65 bits per heavy atom. The molecule has 3 heteroatoms. The number of anilines is 2. The standard InChI is InChI=1S/C14H12INS/c1-2-16-11-7-3-4-9-13(11)17-14-10(15)6-5-8-12(14)16/h3-9H,2H2,1H3. The minimum atomic E-state index is 1.00. The first-order valence-corrected chi connectivity index (χ1v) is 7.53. The first-order chi connectivity index (χ1) is 8.31. The molecule has 0 aliphatic carbocycles. The Balaban J connectivity index is 2.22. The molecule has 0 amide bonds. The summed E-state index contributed by atoms with van der Waals surface area (Å²) in [6.45, 7) is 3.21. The van der Waals surface area contributed by atoms with Crippen molar-refractivity contribution in [2.75, 3.05) is 11.4 Å². The van der Waals surface area contributed by atoms with Crippen molar-refractivity contribution in [3.8, 4) is 0 Å². The number of halogens is 1. The highest BCUT2D eigenvalue weighted by Gasteiger charge is 2.23. The Hall–Kier alpha value is -0.680. The number of fused-ring (bicyclic) bond motifs is 2.